The maximum absolute atomic E-state index is 13.8. The summed E-state index contributed by atoms with van der Waals surface area (Å²) in [6.45, 7) is 0.949. The van der Waals surface area contributed by atoms with Gasteiger partial charge in [0, 0.05) is 6.54 Å². The van der Waals surface area contributed by atoms with E-state index < -0.39 is 11.7 Å². The molecule has 0 aliphatic rings. The van der Waals surface area contributed by atoms with Crippen LogP contribution in [0.3, 0.4) is 0 Å². The first-order chi connectivity index (χ1) is 16.2. The second kappa shape index (κ2) is 9.13. The molecule has 0 aliphatic carbocycles. The van der Waals surface area contributed by atoms with Crippen molar-refractivity contribution >= 4 is 17.2 Å². The predicted molar refractivity (Wildman–Crippen MR) is 121 cm³/mol. The van der Waals surface area contributed by atoms with E-state index in [-0.39, 0.29) is 5.82 Å². The summed E-state index contributed by atoms with van der Waals surface area (Å²) in [5.74, 6) is -0.295. The second-order valence-corrected chi connectivity index (χ2v) is 8.17. The summed E-state index contributed by atoms with van der Waals surface area (Å²) in [6.07, 6.45) is 3.16. The lowest BCUT2D eigenvalue weighted by atomic mass is 10.1. The Morgan fingerprint density at radius 1 is 1.06 bits per heavy atom. The van der Waals surface area contributed by atoms with Crippen molar-refractivity contribution in [1.82, 2.24) is 34.8 Å². The van der Waals surface area contributed by atoms with Crippen molar-refractivity contribution in [3.05, 3.63) is 101 Å². The van der Waals surface area contributed by atoms with Crippen molar-refractivity contribution in [2.75, 3.05) is 0 Å². The van der Waals surface area contributed by atoms with Gasteiger partial charge in [-0.1, -0.05) is 36.4 Å². The number of hydrogen-bond donors (Lipinski definition) is 1. The van der Waals surface area contributed by atoms with Gasteiger partial charge in [0.25, 0.3) is 5.91 Å². The van der Waals surface area contributed by atoms with E-state index >= 15 is 0 Å². The normalized spacial score (nSPS) is 10.9. The summed E-state index contributed by atoms with van der Waals surface area (Å²) in [4.78, 5) is 22.0. The first-order valence-corrected chi connectivity index (χ1v) is 11.0. The van der Waals surface area contributed by atoms with Gasteiger partial charge in [-0.3, -0.25) is 4.79 Å². The fourth-order valence-electron chi connectivity index (χ4n) is 3.29. The third-order valence-corrected chi connectivity index (χ3v) is 5.76. The molecule has 1 N–H and O–H groups in total. The lowest BCUT2D eigenvalue weighted by molar-refractivity contribution is 0.0940. The van der Waals surface area contributed by atoms with Gasteiger partial charge in [0.05, 0.1) is 17.1 Å². The number of hydrogen-bond acceptors (Lipinski definition) is 6. The van der Waals surface area contributed by atoms with E-state index in [9.17, 15) is 9.18 Å². The summed E-state index contributed by atoms with van der Waals surface area (Å²) in [6, 6.07) is 17.7. The lowest BCUT2D eigenvalue weighted by Gasteiger charge is -2.05. The van der Waals surface area contributed by atoms with Crippen LogP contribution in [0, 0.1) is 5.82 Å². The highest BCUT2D eigenvalue weighted by atomic mass is 32.1. The molecule has 5 aromatic rings. The number of nitrogens with zero attached hydrogens (tertiary/aromatic N) is 6. The maximum Gasteiger partial charge on any atom is 0.291 e. The number of carbonyl (C=O) groups excluding carboxylic acids is 1. The minimum atomic E-state index is -0.408. The van der Waals surface area contributed by atoms with E-state index in [1.807, 2.05) is 41.8 Å². The van der Waals surface area contributed by atoms with Crippen molar-refractivity contribution in [1.29, 1.82) is 0 Å². The zero-order valence-corrected chi connectivity index (χ0v) is 18.1. The van der Waals surface area contributed by atoms with Gasteiger partial charge in [-0.05, 0) is 40.8 Å². The van der Waals surface area contributed by atoms with Crippen LogP contribution in [0.2, 0.25) is 0 Å². The SMILES string of the molecule is O=C(NCc1ccc(Cn2cncn2)cc1)c1nc(-c2cccs2)n(-c2cccc(F)c2)n1. The van der Waals surface area contributed by atoms with E-state index in [4.69, 9.17) is 0 Å². The highest BCUT2D eigenvalue weighted by Crippen LogP contribution is 2.25. The van der Waals surface area contributed by atoms with Gasteiger partial charge in [-0.15, -0.1) is 16.4 Å². The number of aromatic nitrogens is 6. The van der Waals surface area contributed by atoms with Crippen LogP contribution in [0.4, 0.5) is 4.39 Å². The summed E-state index contributed by atoms with van der Waals surface area (Å²) < 4.78 is 17.0. The second-order valence-electron chi connectivity index (χ2n) is 7.22. The number of benzene rings is 2. The van der Waals surface area contributed by atoms with Crippen LogP contribution in [0.1, 0.15) is 21.7 Å². The van der Waals surface area contributed by atoms with Crippen LogP contribution < -0.4 is 5.32 Å². The molecular weight excluding hydrogens is 441 g/mol. The zero-order valence-electron chi connectivity index (χ0n) is 17.3. The number of nitrogens with one attached hydrogen (secondary N) is 1. The minimum Gasteiger partial charge on any atom is -0.345 e. The van der Waals surface area contributed by atoms with Crippen molar-refractivity contribution in [2.24, 2.45) is 0 Å². The number of thiophene rings is 1. The summed E-state index contributed by atoms with van der Waals surface area (Å²) in [5.41, 5.74) is 2.51. The molecule has 10 heteroatoms. The predicted octanol–water partition coefficient (Wildman–Crippen LogP) is 3.70. The van der Waals surface area contributed by atoms with Gasteiger partial charge in [-0.25, -0.2) is 23.7 Å². The van der Waals surface area contributed by atoms with E-state index in [1.165, 1.54) is 34.5 Å². The molecule has 1 amide bonds. The van der Waals surface area contributed by atoms with Crippen molar-refractivity contribution < 1.29 is 9.18 Å². The molecule has 8 nitrogen and oxygen atoms in total. The molecule has 0 spiro atoms. The Balaban J connectivity index is 1.32. The molecule has 5 rings (SSSR count). The van der Waals surface area contributed by atoms with Crippen LogP contribution in [-0.4, -0.2) is 35.4 Å². The molecule has 164 valence electrons. The third kappa shape index (κ3) is 4.70. The molecule has 0 aliphatic heterocycles. The highest BCUT2D eigenvalue weighted by Gasteiger charge is 2.19. The van der Waals surface area contributed by atoms with E-state index in [0.717, 1.165) is 16.0 Å². The van der Waals surface area contributed by atoms with Crippen LogP contribution in [0.25, 0.3) is 16.4 Å². The van der Waals surface area contributed by atoms with Crippen LogP contribution >= 0.6 is 11.3 Å². The molecule has 0 saturated carbocycles. The van der Waals surface area contributed by atoms with E-state index in [1.54, 1.807) is 23.1 Å². The highest BCUT2D eigenvalue weighted by molar-refractivity contribution is 7.13. The van der Waals surface area contributed by atoms with E-state index in [0.29, 0.717) is 24.6 Å². The zero-order chi connectivity index (χ0) is 22.6. The smallest absolute Gasteiger partial charge is 0.291 e. The van der Waals surface area contributed by atoms with Gasteiger partial charge in [-0.2, -0.15) is 5.10 Å². The molecular formula is C23H18FN7OS. The molecule has 3 aromatic heterocycles. The van der Waals surface area contributed by atoms with Crippen LogP contribution in [-0.2, 0) is 13.1 Å². The molecule has 0 unspecified atom stereocenters. The Morgan fingerprint density at radius 3 is 2.64 bits per heavy atom. The van der Waals surface area contributed by atoms with Crippen LogP contribution in [0.5, 0.6) is 0 Å². The minimum absolute atomic E-state index is 0.0189. The molecule has 3 heterocycles. The van der Waals surface area contributed by atoms with Gasteiger partial charge in [0.1, 0.15) is 18.5 Å². The Morgan fingerprint density at radius 2 is 1.91 bits per heavy atom. The molecule has 2 aromatic carbocycles. The summed E-state index contributed by atoms with van der Waals surface area (Å²) in [5, 5.41) is 13.2. The largest absolute Gasteiger partial charge is 0.345 e. The van der Waals surface area contributed by atoms with Crippen LogP contribution in [0.15, 0.2) is 78.7 Å². The molecule has 0 bridgehead atoms. The molecule has 0 radical (unpaired) electrons. The first-order valence-electron chi connectivity index (χ1n) is 10.1. The Bertz CT molecular complexity index is 1360. The quantitative estimate of drug-likeness (QED) is 0.401. The van der Waals surface area contributed by atoms with Gasteiger partial charge < -0.3 is 5.32 Å². The lowest BCUT2D eigenvalue weighted by Crippen LogP contribution is -2.24. The maximum atomic E-state index is 13.8. The topological polar surface area (TPSA) is 90.5 Å². The summed E-state index contributed by atoms with van der Waals surface area (Å²) in [7, 11) is 0. The standard InChI is InChI=1S/C23H18FN7OS/c24-18-3-1-4-19(11-18)31-22(20-5-2-10-33-20)28-21(29-31)23(32)26-12-16-6-8-17(9-7-16)13-30-15-25-14-27-30/h1-11,14-15H,12-13H2,(H,26,32). The summed E-state index contributed by atoms with van der Waals surface area (Å²) >= 11 is 1.47. The van der Waals surface area contributed by atoms with Gasteiger partial charge >= 0.3 is 0 Å². The molecule has 0 atom stereocenters. The number of carbonyl (C=O) groups is 1. The number of rotatable bonds is 7. The molecule has 33 heavy (non-hydrogen) atoms. The Labute approximate surface area is 192 Å². The third-order valence-electron chi connectivity index (χ3n) is 4.89. The van der Waals surface area contributed by atoms with Gasteiger partial charge in [0.15, 0.2) is 5.82 Å². The Kier molecular flexibility index (Phi) is 5.73. The molecule has 0 fully saturated rings. The Hall–Kier alpha value is -4.18. The van der Waals surface area contributed by atoms with Crippen molar-refractivity contribution in [3.8, 4) is 16.4 Å². The molecule has 0 saturated heterocycles. The first kappa shape index (κ1) is 20.7. The fraction of sp³-hybridized carbons (Fsp3) is 0.0870. The number of amides is 1. The van der Waals surface area contributed by atoms with Crippen molar-refractivity contribution in [3.63, 3.8) is 0 Å². The number of halogens is 1. The van der Waals surface area contributed by atoms with E-state index in [2.05, 4.69) is 25.5 Å². The van der Waals surface area contributed by atoms with Crippen molar-refractivity contribution in [2.45, 2.75) is 13.1 Å². The average molecular weight is 460 g/mol. The average Bonchev–Trinajstić information content (AvgIpc) is 3.60. The van der Waals surface area contributed by atoms with Gasteiger partial charge in [0.2, 0.25) is 5.82 Å². The fourth-order valence-corrected chi connectivity index (χ4v) is 3.99. The monoisotopic (exact) mass is 459 g/mol.